The van der Waals surface area contributed by atoms with Crippen LogP contribution in [0.4, 0.5) is 4.79 Å². The zero-order chi connectivity index (χ0) is 16.1. The molecule has 0 spiro atoms. The van der Waals surface area contributed by atoms with Gasteiger partial charge in [-0.25, -0.2) is 9.78 Å². The van der Waals surface area contributed by atoms with Gasteiger partial charge in [-0.05, 0) is 43.7 Å². The van der Waals surface area contributed by atoms with E-state index in [4.69, 9.17) is 0 Å². The van der Waals surface area contributed by atoms with E-state index in [-0.39, 0.29) is 12.1 Å². The molecule has 122 valence electrons. The number of aromatic nitrogens is 2. The molecule has 3 rings (SSSR count). The number of pyridine rings is 1. The lowest BCUT2D eigenvalue weighted by Crippen LogP contribution is -2.45. The zero-order valence-corrected chi connectivity index (χ0v) is 14.1. The number of rotatable bonds is 4. The van der Waals surface area contributed by atoms with E-state index in [2.05, 4.69) is 21.4 Å². The number of nitrogens with one attached hydrogen (secondary N) is 1. The van der Waals surface area contributed by atoms with Gasteiger partial charge in [-0.1, -0.05) is 6.07 Å². The molecule has 2 aromatic heterocycles. The Morgan fingerprint density at radius 3 is 2.91 bits per heavy atom. The van der Waals surface area contributed by atoms with Crippen LogP contribution in [0, 0.1) is 5.92 Å². The minimum Gasteiger partial charge on any atom is -0.329 e. The van der Waals surface area contributed by atoms with Gasteiger partial charge in [0.2, 0.25) is 0 Å². The third-order valence-electron chi connectivity index (χ3n) is 4.31. The fourth-order valence-corrected chi connectivity index (χ4v) is 3.62. The first kappa shape index (κ1) is 15.9. The number of urea groups is 1. The van der Waals surface area contributed by atoms with E-state index in [1.165, 1.54) is 5.56 Å². The Morgan fingerprint density at radius 2 is 2.26 bits per heavy atom. The molecule has 23 heavy (non-hydrogen) atoms. The molecule has 1 atom stereocenters. The van der Waals surface area contributed by atoms with Gasteiger partial charge in [0, 0.05) is 37.1 Å². The Bertz CT molecular complexity index is 609. The van der Waals surface area contributed by atoms with Crippen molar-refractivity contribution in [3.63, 3.8) is 0 Å². The molecule has 1 N–H and O–H groups in total. The fraction of sp³-hybridized carbons (Fsp3) is 0.471. The van der Waals surface area contributed by atoms with Gasteiger partial charge in [0.05, 0.1) is 6.04 Å². The summed E-state index contributed by atoms with van der Waals surface area (Å²) in [5.41, 5.74) is 1.28. The van der Waals surface area contributed by atoms with Crippen molar-refractivity contribution in [3.05, 3.63) is 46.7 Å². The van der Waals surface area contributed by atoms with E-state index in [0.29, 0.717) is 5.92 Å². The monoisotopic (exact) mass is 330 g/mol. The number of hydrogen-bond acceptors (Lipinski definition) is 4. The topological polar surface area (TPSA) is 58.1 Å². The number of hydrogen-bond donors (Lipinski definition) is 1. The van der Waals surface area contributed by atoms with Crippen molar-refractivity contribution >= 4 is 17.4 Å². The van der Waals surface area contributed by atoms with E-state index in [1.54, 1.807) is 23.7 Å². The zero-order valence-electron chi connectivity index (χ0n) is 13.3. The van der Waals surface area contributed by atoms with Crippen molar-refractivity contribution in [2.24, 2.45) is 5.92 Å². The molecule has 3 heterocycles. The molecular weight excluding hydrogens is 308 g/mol. The Morgan fingerprint density at radius 1 is 1.43 bits per heavy atom. The summed E-state index contributed by atoms with van der Waals surface area (Å²) >= 11 is 1.57. The Balaban J connectivity index is 1.46. The van der Waals surface area contributed by atoms with Crippen LogP contribution in [-0.2, 0) is 6.42 Å². The van der Waals surface area contributed by atoms with Crippen molar-refractivity contribution in [1.82, 2.24) is 20.2 Å². The maximum absolute atomic E-state index is 12.4. The number of likely N-dealkylation sites (tertiary alicyclic amines) is 1. The summed E-state index contributed by atoms with van der Waals surface area (Å²) in [7, 11) is 0. The average molecular weight is 330 g/mol. The van der Waals surface area contributed by atoms with Crippen LogP contribution in [0.2, 0.25) is 0 Å². The van der Waals surface area contributed by atoms with Gasteiger partial charge in [-0.2, -0.15) is 0 Å². The second-order valence-electron chi connectivity index (χ2n) is 6.04. The number of piperidine rings is 1. The van der Waals surface area contributed by atoms with Crippen LogP contribution in [-0.4, -0.2) is 34.0 Å². The van der Waals surface area contributed by atoms with E-state index < -0.39 is 0 Å². The van der Waals surface area contributed by atoms with Gasteiger partial charge in [-0.3, -0.25) is 4.98 Å². The highest BCUT2D eigenvalue weighted by atomic mass is 32.1. The van der Waals surface area contributed by atoms with Gasteiger partial charge in [0.15, 0.2) is 0 Å². The molecule has 1 aliphatic rings. The van der Waals surface area contributed by atoms with Crippen LogP contribution >= 0.6 is 11.3 Å². The van der Waals surface area contributed by atoms with Crippen LogP contribution in [0.1, 0.15) is 36.4 Å². The third kappa shape index (κ3) is 4.28. The molecule has 0 saturated carbocycles. The molecule has 0 aromatic carbocycles. The quantitative estimate of drug-likeness (QED) is 0.936. The molecule has 0 bridgehead atoms. The van der Waals surface area contributed by atoms with Gasteiger partial charge in [0.1, 0.15) is 5.01 Å². The Labute approximate surface area is 140 Å². The number of nitrogens with zero attached hydrogens (tertiary/aromatic N) is 3. The second-order valence-corrected chi connectivity index (χ2v) is 6.96. The molecule has 1 saturated heterocycles. The fourth-order valence-electron chi connectivity index (χ4n) is 2.98. The lowest BCUT2D eigenvalue weighted by atomic mass is 9.91. The van der Waals surface area contributed by atoms with Crippen molar-refractivity contribution in [2.45, 2.75) is 32.2 Å². The summed E-state index contributed by atoms with van der Waals surface area (Å²) < 4.78 is 0. The normalized spacial score (nSPS) is 17.0. The lowest BCUT2D eigenvalue weighted by molar-refractivity contribution is 0.167. The summed E-state index contributed by atoms with van der Waals surface area (Å²) in [6.07, 6.45) is 8.67. The van der Waals surface area contributed by atoms with Crippen molar-refractivity contribution < 1.29 is 4.79 Å². The summed E-state index contributed by atoms with van der Waals surface area (Å²) in [5, 5.41) is 5.92. The molecular formula is C17H22N4OS. The molecule has 6 heteroatoms. The summed E-state index contributed by atoms with van der Waals surface area (Å²) in [5.74, 6) is 0.639. The van der Waals surface area contributed by atoms with Crippen LogP contribution < -0.4 is 5.32 Å². The third-order valence-corrected chi connectivity index (χ3v) is 5.27. The van der Waals surface area contributed by atoms with Crippen molar-refractivity contribution in [1.29, 1.82) is 0 Å². The Kier molecular flexibility index (Phi) is 5.23. The smallest absolute Gasteiger partial charge is 0.317 e. The van der Waals surface area contributed by atoms with E-state index in [1.807, 2.05) is 29.5 Å². The molecule has 0 radical (unpaired) electrons. The van der Waals surface area contributed by atoms with Crippen molar-refractivity contribution in [2.75, 3.05) is 13.1 Å². The van der Waals surface area contributed by atoms with E-state index in [0.717, 1.165) is 37.4 Å². The molecule has 1 fully saturated rings. The first-order valence-corrected chi connectivity index (χ1v) is 8.94. The summed E-state index contributed by atoms with van der Waals surface area (Å²) in [4.78, 5) is 22.7. The number of thiazole rings is 1. The average Bonchev–Trinajstić information content (AvgIpc) is 3.11. The number of amides is 2. The number of carbonyl (C=O) groups excluding carboxylic acids is 1. The SMILES string of the molecule is CC(NC(=O)N1CCC(Cc2cccnc2)CC1)c1nccs1. The van der Waals surface area contributed by atoms with E-state index in [9.17, 15) is 4.79 Å². The molecule has 0 aliphatic carbocycles. The van der Waals surface area contributed by atoms with Crippen molar-refractivity contribution in [3.8, 4) is 0 Å². The van der Waals surface area contributed by atoms with Crippen LogP contribution in [0.3, 0.4) is 0 Å². The Hall–Kier alpha value is -1.95. The first-order valence-electron chi connectivity index (χ1n) is 8.06. The highest BCUT2D eigenvalue weighted by Gasteiger charge is 2.24. The standard InChI is InChI=1S/C17H22N4OS/c1-13(16-19-7-10-23-16)20-17(22)21-8-4-14(5-9-21)11-15-3-2-6-18-12-15/h2-3,6-7,10,12-14H,4-5,8-9,11H2,1H3,(H,20,22). The molecule has 1 aliphatic heterocycles. The predicted molar refractivity (Wildman–Crippen MR) is 91.3 cm³/mol. The molecule has 1 unspecified atom stereocenters. The molecule has 5 nitrogen and oxygen atoms in total. The summed E-state index contributed by atoms with van der Waals surface area (Å²) in [6, 6.07) is 4.10. The van der Waals surface area contributed by atoms with Gasteiger partial charge in [-0.15, -0.1) is 11.3 Å². The lowest BCUT2D eigenvalue weighted by Gasteiger charge is -2.32. The molecule has 2 aromatic rings. The van der Waals surface area contributed by atoms with Gasteiger partial charge >= 0.3 is 6.03 Å². The maximum atomic E-state index is 12.4. The molecule has 2 amide bonds. The first-order chi connectivity index (χ1) is 11.2. The summed E-state index contributed by atoms with van der Waals surface area (Å²) in [6.45, 7) is 3.62. The van der Waals surface area contributed by atoms with E-state index >= 15 is 0 Å². The van der Waals surface area contributed by atoms with Gasteiger partial charge in [0.25, 0.3) is 0 Å². The van der Waals surface area contributed by atoms with Crippen LogP contribution in [0.25, 0.3) is 0 Å². The largest absolute Gasteiger partial charge is 0.329 e. The minimum absolute atomic E-state index is 0.0209. The second kappa shape index (κ2) is 7.55. The number of carbonyl (C=O) groups is 1. The highest BCUT2D eigenvalue weighted by molar-refractivity contribution is 7.09. The predicted octanol–water partition coefficient (Wildman–Crippen LogP) is 3.26. The maximum Gasteiger partial charge on any atom is 0.317 e. The highest BCUT2D eigenvalue weighted by Crippen LogP contribution is 2.22. The van der Waals surface area contributed by atoms with Gasteiger partial charge < -0.3 is 10.2 Å². The minimum atomic E-state index is -0.0318. The van der Waals surface area contributed by atoms with Crippen LogP contribution in [0.5, 0.6) is 0 Å². The van der Waals surface area contributed by atoms with Crippen LogP contribution in [0.15, 0.2) is 36.1 Å².